The summed E-state index contributed by atoms with van der Waals surface area (Å²) in [4.78, 5) is 23.6. The quantitative estimate of drug-likeness (QED) is 0.709. The molecule has 1 fully saturated rings. The molecule has 0 bridgehead atoms. The monoisotopic (exact) mass is 239 g/mol. The summed E-state index contributed by atoms with van der Waals surface area (Å²) in [5.41, 5.74) is 0. The number of nitrogens with zero attached hydrogens (tertiary/aromatic N) is 1. The Hall–Kier alpha value is -1.54. The first-order valence-electron chi connectivity index (χ1n) is 5.68. The maximum Gasteiger partial charge on any atom is 0.323 e. The number of carbonyl (C=O) groups is 2. The predicted octanol–water partition coefficient (Wildman–Crippen LogP) is 0.492. The molecule has 1 aliphatic rings. The first kappa shape index (κ1) is 13.5. The van der Waals surface area contributed by atoms with Gasteiger partial charge in [0.15, 0.2) is 0 Å². The van der Waals surface area contributed by atoms with Gasteiger partial charge in [-0.25, -0.2) is 0 Å². The van der Waals surface area contributed by atoms with Gasteiger partial charge in [-0.05, 0) is 19.3 Å². The first-order valence-corrected chi connectivity index (χ1v) is 5.68. The number of terminal acetylenes is 1. The van der Waals surface area contributed by atoms with Crippen LogP contribution in [0.5, 0.6) is 0 Å². The molecule has 0 spiro atoms. The summed E-state index contributed by atoms with van der Waals surface area (Å²) in [6.45, 7) is 0.347. The summed E-state index contributed by atoms with van der Waals surface area (Å²) in [6, 6.07) is 0. The van der Waals surface area contributed by atoms with E-state index in [9.17, 15) is 9.59 Å². The third-order valence-electron chi connectivity index (χ3n) is 2.64. The summed E-state index contributed by atoms with van der Waals surface area (Å²) in [6.07, 6.45) is 8.15. The normalized spacial score (nSPS) is 19.4. The van der Waals surface area contributed by atoms with Crippen LogP contribution in [-0.4, -0.2) is 47.7 Å². The SMILES string of the molecule is C#CCN(CC(=O)O)C(=O)CC1CCCCO1. The molecule has 0 aromatic rings. The molecule has 0 radical (unpaired) electrons. The van der Waals surface area contributed by atoms with Crippen molar-refractivity contribution in [2.45, 2.75) is 31.8 Å². The van der Waals surface area contributed by atoms with Crippen LogP contribution >= 0.6 is 0 Å². The minimum Gasteiger partial charge on any atom is -0.480 e. The fourth-order valence-electron chi connectivity index (χ4n) is 1.80. The van der Waals surface area contributed by atoms with Gasteiger partial charge in [-0.15, -0.1) is 6.42 Å². The Labute approximate surface area is 101 Å². The van der Waals surface area contributed by atoms with Crippen LogP contribution in [0.15, 0.2) is 0 Å². The molecule has 1 unspecified atom stereocenters. The molecular weight excluding hydrogens is 222 g/mol. The zero-order chi connectivity index (χ0) is 12.7. The highest BCUT2D eigenvalue weighted by molar-refractivity contribution is 5.81. The van der Waals surface area contributed by atoms with Crippen molar-refractivity contribution in [2.24, 2.45) is 0 Å². The zero-order valence-electron chi connectivity index (χ0n) is 9.72. The van der Waals surface area contributed by atoms with Crippen molar-refractivity contribution < 1.29 is 19.4 Å². The molecule has 17 heavy (non-hydrogen) atoms. The molecule has 1 saturated heterocycles. The molecular formula is C12H17NO4. The number of carboxylic acid groups (broad SMARTS) is 1. The lowest BCUT2D eigenvalue weighted by atomic mass is 10.1. The summed E-state index contributed by atoms with van der Waals surface area (Å²) < 4.78 is 5.44. The Morgan fingerprint density at radius 1 is 1.47 bits per heavy atom. The van der Waals surface area contributed by atoms with Crippen molar-refractivity contribution >= 4 is 11.9 Å². The van der Waals surface area contributed by atoms with Crippen LogP contribution in [0.3, 0.4) is 0 Å². The molecule has 1 amide bonds. The molecule has 0 saturated carbocycles. The van der Waals surface area contributed by atoms with Crippen molar-refractivity contribution in [1.82, 2.24) is 4.90 Å². The molecule has 1 rings (SSSR count). The summed E-state index contributed by atoms with van der Waals surface area (Å²) in [5.74, 6) is 0.982. The van der Waals surface area contributed by atoms with E-state index in [4.69, 9.17) is 16.3 Å². The summed E-state index contributed by atoms with van der Waals surface area (Å²) in [5, 5.41) is 8.67. The maximum atomic E-state index is 11.8. The molecule has 1 N–H and O–H groups in total. The lowest BCUT2D eigenvalue weighted by Gasteiger charge is -2.25. The Morgan fingerprint density at radius 2 is 2.24 bits per heavy atom. The van der Waals surface area contributed by atoms with Crippen LogP contribution < -0.4 is 0 Å². The van der Waals surface area contributed by atoms with Gasteiger partial charge in [-0.3, -0.25) is 9.59 Å². The standard InChI is InChI=1S/C12H17NO4/c1-2-6-13(9-12(15)16)11(14)8-10-5-3-4-7-17-10/h1,10H,3-9H2,(H,15,16). The second-order valence-electron chi connectivity index (χ2n) is 4.04. The van der Waals surface area contributed by atoms with E-state index in [2.05, 4.69) is 5.92 Å². The third-order valence-corrected chi connectivity index (χ3v) is 2.64. The van der Waals surface area contributed by atoms with Gasteiger partial charge in [-0.1, -0.05) is 5.92 Å². The predicted molar refractivity (Wildman–Crippen MR) is 61.3 cm³/mol. The Morgan fingerprint density at radius 3 is 2.76 bits per heavy atom. The largest absolute Gasteiger partial charge is 0.480 e. The molecule has 1 aliphatic heterocycles. The highest BCUT2D eigenvalue weighted by atomic mass is 16.5. The molecule has 0 aromatic heterocycles. The van der Waals surface area contributed by atoms with E-state index in [-0.39, 0.29) is 31.5 Å². The first-order chi connectivity index (χ1) is 8.13. The van der Waals surface area contributed by atoms with E-state index in [0.717, 1.165) is 19.3 Å². The maximum absolute atomic E-state index is 11.8. The highest BCUT2D eigenvalue weighted by Crippen LogP contribution is 2.16. The van der Waals surface area contributed by atoms with E-state index >= 15 is 0 Å². The number of ether oxygens (including phenoxy) is 1. The molecule has 1 atom stereocenters. The van der Waals surface area contributed by atoms with E-state index in [1.165, 1.54) is 4.90 Å². The topological polar surface area (TPSA) is 66.8 Å². The van der Waals surface area contributed by atoms with Crippen LogP contribution in [0, 0.1) is 12.3 Å². The van der Waals surface area contributed by atoms with Crippen molar-refractivity contribution in [3.05, 3.63) is 0 Å². The van der Waals surface area contributed by atoms with E-state index in [1.807, 2.05) is 0 Å². The molecule has 0 aromatic carbocycles. The van der Waals surface area contributed by atoms with E-state index in [1.54, 1.807) is 0 Å². The minimum absolute atomic E-state index is 0.0256. The summed E-state index contributed by atoms with van der Waals surface area (Å²) in [7, 11) is 0. The number of carbonyl (C=O) groups excluding carboxylic acids is 1. The van der Waals surface area contributed by atoms with Gasteiger partial charge in [0.2, 0.25) is 5.91 Å². The molecule has 5 heteroatoms. The Kier molecular flexibility index (Phi) is 5.50. The number of hydrogen-bond acceptors (Lipinski definition) is 3. The fraction of sp³-hybridized carbons (Fsp3) is 0.667. The van der Waals surface area contributed by atoms with Gasteiger partial charge in [-0.2, -0.15) is 0 Å². The number of hydrogen-bond donors (Lipinski definition) is 1. The number of carboxylic acids is 1. The van der Waals surface area contributed by atoms with Crippen molar-refractivity contribution in [3.63, 3.8) is 0 Å². The summed E-state index contributed by atoms with van der Waals surface area (Å²) >= 11 is 0. The fourth-order valence-corrected chi connectivity index (χ4v) is 1.80. The molecule has 5 nitrogen and oxygen atoms in total. The number of rotatable bonds is 5. The van der Waals surface area contributed by atoms with Crippen LogP contribution in [0.25, 0.3) is 0 Å². The van der Waals surface area contributed by atoms with Crippen molar-refractivity contribution in [3.8, 4) is 12.3 Å². The molecule has 0 aliphatic carbocycles. The van der Waals surface area contributed by atoms with Gasteiger partial charge < -0.3 is 14.7 Å². The van der Waals surface area contributed by atoms with Gasteiger partial charge in [0, 0.05) is 6.61 Å². The van der Waals surface area contributed by atoms with Crippen LogP contribution in [0.4, 0.5) is 0 Å². The Bertz CT molecular complexity index is 315. The second kappa shape index (κ2) is 6.92. The van der Waals surface area contributed by atoms with E-state index in [0.29, 0.717) is 6.61 Å². The zero-order valence-corrected chi connectivity index (χ0v) is 9.72. The van der Waals surface area contributed by atoms with Gasteiger partial charge in [0.1, 0.15) is 6.54 Å². The van der Waals surface area contributed by atoms with Crippen LogP contribution in [0.1, 0.15) is 25.7 Å². The number of amides is 1. The van der Waals surface area contributed by atoms with E-state index < -0.39 is 5.97 Å². The lowest BCUT2D eigenvalue weighted by molar-refractivity contribution is -0.145. The lowest BCUT2D eigenvalue weighted by Crippen LogP contribution is -2.38. The molecule has 1 heterocycles. The van der Waals surface area contributed by atoms with Crippen molar-refractivity contribution in [1.29, 1.82) is 0 Å². The third kappa shape index (κ3) is 4.87. The smallest absolute Gasteiger partial charge is 0.323 e. The average Bonchev–Trinajstić information content (AvgIpc) is 2.29. The average molecular weight is 239 g/mol. The van der Waals surface area contributed by atoms with Crippen LogP contribution in [0.2, 0.25) is 0 Å². The number of aliphatic carboxylic acids is 1. The Balaban J connectivity index is 2.46. The van der Waals surface area contributed by atoms with Crippen molar-refractivity contribution in [2.75, 3.05) is 19.7 Å². The van der Waals surface area contributed by atoms with Crippen LogP contribution in [-0.2, 0) is 14.3 Å². The minimum atomic E-state index is -1.06. The second-order valence-corrected chi connectivity index (χ2v) is 4.04. The van der Waals surface area contributed by atoms with Gasteiger partial charge >= 0.3 is 5.97 Å². The highest BCUT2D eigenvalue weighted by Gasteiger charge is 2.22. The molecule has 94 valence electrons. The van der Waals surface area contributed by atoms with Gasteiger partial charge in [0.05, 0.1) is 19.1 Å². The van der Waals surface area contributed by atoms with Gasteiger partial charge in [0.25, 0.3) is 0 Å².